The molecule has 1 rings (SSSR count). The van der Waals surface area contributed by atoms with Gasteiger partial charge in [-0.3, -0.25) is 4.18 Å². The van der Waals surface area contributed by atoms with Gasteiger partial charge in [0.15, 0.2) is 0 Å². The van der Waals surface area contributed by atoms with E-state index < -0.39 is 10.1 Å². The Morgan fingerprint density at radius 3 is 2.42 bits per heavy atom. The zero-order valence-corrected chi connectivity index (χ0v) is 7.34. The van der Waals surface area contributed by atoms with Gasteiger partial charge in [0.1, 0.15) is 4.90 Å². The van der Waals surface area contributed by atoms with Crippen molar-refractivity contribution >= 4 is 15.8 Å². The van der Waals surface area contributed by atoms with Gasteiger partial charge in [0.05, 0.1) is 12.8 Å². The second-order valence-electron chi connectivity index (χ2n) is 2.16. The predicted octanol–water partition coefficient (Wildman–Crippen LogP) is 0.604. The van der Waals surface area contributed by atoms with Crippen LogP contribution in [-0.2, 0) is 14.3 Å². The molecule has 0 aliphatic rings. The molecule has 0 aliphatic heterocycles. The highest BCUT2D eigenvalue weighted by Gasteiger charge is 2.14. The number of hydrogen-bond acceptors (Lipinski definition) is 4. The van der Waals surface area contributed by atoms with Crippen molar-refractivity contribution in [3.8, 4) is 0 Å². The normalized spacial score (nSPS) is 11.4. The standard InChI is InChI=1S/C7H9NO3S/c1-11-12(9,10)7-5-3-2-4-6(7)8/h2-5H,8H2,1H3. The molecule has 0 spiro atoms. The van der Waals surface area contributed by atoms with Crippen molar-refractivity contribution < 1.29 is 12.6 Å². The van der Waals surface area contributed by atoms with E-state index in [2.05, 4.69) is 4.18 Å². The molecule has 12 heavy (non-hydrogen) atoms. The summed E-state index contributed by atoms with van der Waals surface area (Å²) >= 11 is 0. The molecule has 0 heterocycles. The molecular formula is C7H9NO3S. The van der Waals surface area contributed by atoms with Gasteiger partial charge in [-0.25, -0.2) is 0 Å². The summed E-state index contributed by atoms with van der Waals surface area (Å²) in [7, 11) is -2.55. The molecule has 0 saturated heterocycles. The van der Waals surface area contributed by atoms with E-state index in [9.17, 15) is 8.42 Å². The number of anilines is 1. The molecule has 66 valence electrons. The minimum absolute atomic E-state index is 0.00694. The van der Waals surface area contributed by atoms with Crippen LogP contribution in [0, 0.1) is 0 Å². The Balaban J connectivity index is 3.30. The molecule has 2 N–H and O–H groups in total. The van der Waals surface area contributed by atoms with Crippen molar-refractivity contribution in [1.82, 2.24) is 0 Å². The Labute approximate surface area is 71.1 Å². The first kappa shape index (κ1) is 9.02. The minimum atomic E-state index is -3.65. The largest absolute Gasteiger partial charge is 0.398 e. The van der Waals surface area contributed by atoms with Gasteiger partial charge in [-0.1, -0.05) is 12.1 Å². The maximum atomic E-state index is 11.1. The maximum Gasteiger partial charge on any atom is 0.298 e. The summed E-state index contributed by atoms with van der Waals surface area (Å²) < 4.78 is 26.5. The van der Waals surface area contributed by atoms with Gasteiger partial charge in [0.2, 0.25) is 0 Å². The summed E-state index contributed by atoms with van der Waals surface area (Å²) in [5.41, 5.74) is 5.62. The van der Waals surface area contributed by atoms with E-state index in [1.54, 1.807) is 12.1 Å². The molecule has 1 aromatic rings. The molecule has 0 aliphatic carbocycles. The van der Waals surface area contributed by atoms with Crippen LogP contribution in [0.5, 0.6) is 0 Å². The van der Waals surface area contributed by atoms with Crippen molar-refractivity contribution in [2.75, 3.05) is 12.8 Å². The van der Waals surface area contributed by atoms with E-state index in [4.69, 9.17) is 5.73 Å². The molecule has 0 aromatic heterocycles. The number of rotatable bonds is 2. The first-order valence-corrected chi connectivity index (χ1v) is 4.64. The Morgan fingerprint density at radius 1 is 1.33 bits per heavy atom. The molecule has 0 amide bonds. The molecule has 1 aromatic carbocycles. The fraction of sp³-hybridized carbons (Fsp3) is 0.143. The maximum absolute atomic E-state index is 11.1. The Bertz CT molecular complexity index is 372. The SMILES string of the molecule is COS(=O)(=O)c1ccccc1N. The fourth-order valence-corrected chi connectivity index (χ4v) is 1.58. The van der Waals surface area contributed by atoms with Crippen LogP contribution >= 0.6 is 0 Å². The lowest BCUT2D eigenvalue weighted by Gasteiger charge is -2.03. The topological polar surface area (TPSA) is 69.4 Å². The number of para-hydroxylation sites is 1. The van der Waals surface area contributed by atoms with Crippen molar-refractivity contribution in [2.24, 2.45) is 0 Å². The second kappa shape index (κ2) is 3.12. The van der Waals surface area contributed by atoms with E-state index in [0.29, 0.717) is 0 Å². The lowest BCUT2D eigenvalue weighted by molar-refractivity contribution is 0.398. The highest BCUT2D eigenvalue weighted by atomic mass is 32.2. The highest BCUT2D eigenvalue weighted by Crippen LogP contribution is 2.18. The van der Waals surface area contributed by atoms with Crippen LogP contribution < -0.4 is 5.73 Å². The third kappa shape index (κ3) is 1.57. The lowest BCUT2D eigenvalue weighted by atomic mass is 10.3. The summed E-state index contributed by atoms with van der Waals surface area (Å²) in [5.74, 6) is 0. The average Bonchev–Trinajstić information content (AvgIpc) is 2.05. The van der Waals surface area contributed by atoms with Crippen LogP contribution in [0.2, 0.25) is 0 Å². The van der Waals surface area contributed by atoms with Gasteiger partial charge in [-0.15, -0.1) is 0 Å². The second-order valence-corrected chi connectivity index (χ2v) is 3.84. The molecule has 0 bridgehead atoms. The quantitative estimate of drug-likeness (QED) is 0.544. The summed E-state index contributed by atoms with van der Waals surface area (Å²) in [6, 6.07) is 6.15. The van der Waals surface area contributed by atoms with Gasteiger partial charge in [-0.2, -0.15) is 8.42 Å². The monoisotopic (exact) mass is 187 g/mol. The number of hydrogen-bond donors (Lipinski definition) is 1. The van der Waals surface area contributed by atoms with Crippen molar-refractivity contribution in [3.63, 3.8) is 0 Å². The van der Waals surface area contributed by atoms with Gasteiger partial charge < -0.3 is 5.73 Å². The predicted molar refractivity (Wildman–Crippen MR) is 45.0 cm³/mol. The van der Waals surface area contributed by atoms with Crippen molar-refractivity contribution in [2.45, 2.75) is 4.90 Å². The minimum Gasteiger partial charge on any atom is -0.398 e. The first-order valence-electron chi connectivity index (χ1n) is 3.23. The van der Waals surface area contributed by atoms with Crippen molar-refractivity contribution in [1.29, 1.82) is 0 Å². The van der Waals surface area contributed by atoms with Crippen LogP contribution in [0.4, 0.5) is 5.69 Å². The highest BCUT2D eigenvalue weighted by molar-refractivity contribution is 7.87. The molecule has 0 saturated carbocycles. The van der Waals surface area contributed by atoms with Crippen LogP contribution in [0.1, 0.15) is 0 Å². The zero-order valence-electron chi connectivity index (χ0n) is 6.52. The smallest absolute Gasteiger partial charge is 0.298 e. The van der Waals surface area contributed by atoms with Gasteiger partial charge in [0.25, 0.3) is 10.1 Å². The Hall–Kier alpha value is -1.07. The summed E-state index contributed by atoms with van der Waals surface area (Å²) in [4.78, 5) is 0.00694. The molecule has 0 fully saturated rings. The van der Waals surface area contributed by atoms with E-state index in [0.717, 1.165) is 7.11 Å². The van der Waals surface area contributed by atoms with Gasteiger partial charge >= 0.3 is 0 Å². The van der Waals surface area contributed by atoms with E-state index in [1.807, 2.05) is 0 Å². The van der Waals surface area contributed by atoms with E-state index in [1.165, 1.54) is 12.1 Å². The summed E-state index contributed by atoms with van der Waals surface area (Å²) in [5, 5.41) is 0. The van der Waals surface area contributed by atoms with Gasteiger partial charge in [-0.05, 0) is 12.1 Å². The fourth-order valence-electron chi connectivity index (χ4n) is 0.798. The van der Waals surface area contributed by atoms with Crippen LogP contribution in [-0.4, -0.2) is 15.5 Å². The van der Waals surface area contributed by atoms with Crippen LogP contribution in [0.3, 0.4) is 0 Å². The van der Waals surface area contributed by atoms with Crippen LogP contribution in [0.25, 0.3) is 0 Å². The average molecular weight is 187 g/mol. The van der Waals surface area contributed by atoms with Crippen molar-refractivity contribution in [3.05, 3.63) is 24.3 Å². The zero-order chi connectivity index (χ0) is 9.19. The third-order valence-corrected chi connectivity index (χ3v) is 2.76. The number of nitrogens with two attached hydrogens (primary N) is 1. The molecular weight excluding hydrogens is 178 g/mol. The van der Waals surface area contributed by atoms with E-state index >= 15 is 0 Å². The van der Waals surface area contributed by atoms with E-state index in [-0.39, 0.29) is 10.6 Å². The lowest BCUT2D eigenvalue weighted by Crippen LogP contribution is -2.05. The number of benzene rings is 1. The third-order valence-electron chi connectivity index (χ3n) is 1.41. The summed E-state index contributed by atoms with van der Waals surface area (Å²) in [6.45, 7) is 0. The molecule has 0 unspecified atom stereocenters. The summed E-state index contributed by atoms with van der Waals surface area (Å²) in [6.07, 6.45) is 0. The first-order chi connectivity index (χ1) is 5.58. The molecule has 0 atom stereocenters. The molecule has 5 heteroatoms. The Morgan fingerprint density at radius 2 is 1.92 bits per heavy atom. The van der Waals surface area contributed by atoms with Gasteiger partial charge in [0, 0.05) is 0 Å². The van der Waals surface area contributed by atoms with Crippen LogP contribution in [0.15, 0.2) is 29.2 Å². The molecule has 4 nitrogen and oxygen atoms in total. The molecule has 0 radical (unpaired) electrons. The number of nitrogen functional groups attached to an aromatic ring is 1. The Kier molecular flexibility index (Phi) is 2.35.